The van der Waals surface area contributed by atoms with Gasteiger partial charge < -0.3 is 0 Å². The van der Waals surface area contributed by atoms with E-state index >= 15 is 0 Å². The van der Waals surface area contributed by atoms with Crippen molar-refractivity contribution in [3.05, 3.63) is 53.3 Å². The molecule has 1 aromatic carbocycles. The van der Waals surface area contributed by atoms with Crippen molar-refractivity contribution in [2.24, 2.45) is 0 Å². The van der Waals surface area contributed by atoms with Gasteiger partial charge in [-0.1, -0.05) is 29.3 Å². The molecule has 2 rings (SSSR count). The lowest BCUT2D eigenvalue weighted by Crippen LogP contribution is -2.13. The van der Waals surface area contributed by atoms with Crippen molar-refractivity contribution < 1.29 is 8.42 Å². The second-order valence-corrected chi connectivity index (χ2v) is 5.86. The SMILES string of the molecule is Cc1ccc(S(=O)(=O)Nc2cnccc2Cl)cc1. The van der Waals surface area contributed by atoms with Crippen LogP contribution in [0.1, 0.15) is 5.56 Å². The molecular weight excluding hydrogens is 272 g/mol. The normalized spacial score (nSPS) is 11.2. The lowest BCUT2D eigenvalue weighted by atomic mass is 10.2. The van der Waals surface area contributed by atoms with Crippen LogP contribution in [0.15, 0.2) is 47.6 Å². The Hall–Kier alpha value is -1.59. The zero-order chi connectivity index (χ0) is 13.2. The van der Waals surface area contributed by atoms with Crippen molar-refractivity contribution in [2.75, 3.05) is 4.72 Å². The zero-order valence-electron chi connectivity index (χ0n) is 9.59. The highest BCUT2D eigenvalue weighted by atomic mass is 35.5. The Morgan fingerprint density at radius 1 is 1.17 bits per heavy atom. The molecule has 2 aromatic rings. The first-order valence-corrected chi connectivity index (χ1v) is 7.04. The van der Waals surface area contributed by atoms with Crippen LogP contribution in [0.25, 0.3) is 0 Å². The van der Waals surface area contributed by atoms with Gasteiger partial charge in [-0.2, -0.15) is 0 Å². The van der Waals surface area contributed by atoms with Crippen molar-refractivity contribution in [1.82, 2.24) is 4.98 Å². The van der Waals surface area contributed by atoms with E-state index in [1.54, 1.807) is 24.3 Å². The molecule has 1 aromatic heterocycles. The third-order valence-corrected chi connectivity index (χ3v) is 4.05. The molecule has 0 aliphatic heterocycles. The first-order valence-electron chi connectivity index (χ1n) is 5.18. The van der Waals surface area contributed by atoms with Gasteiger partial charge >= 0.3 is 0 Å². The van der Waals surface area contributed by atoms with Crippen LogP contribution in [0.5, 0.6) is 0 Å². The Labute approximate surface area is 111 Å². The molecule has 1 N–H and O–H groups in total. The number of nitrogens with one attached hydrogen (secondary N) is 1. The second kappa shape index (κ2) is 4.96. The van der Waals surface area contributed by atoms with Crippen LogP contribution in [-0.4, -0.2) is 13.4 Å². The van der Waals surface area contributed by atoms with Crippen molar-refractivity contribution in [1.29, 1.82) is 0 Å². The van der Waals surface area contributed by atoms with Crippen LogP contribution in [0, 0.1) is 6.92 Å². The number of hydrogen-bond donors (Lipinski definition) is 1. The quantitative estimate of drug-likeness (QED) is 0.942. The van der Waals surface area contributed by atoms with Gasteiger partial charge in [0.15, 0.2) is 0 Å². The molecule has 0 saturated carbocycles. The summed E-state index contributed by atoms with van der Waals surface area (Å²) >= 11 is 5.88. The number of sulfonamides is 1. The maximum atomic E-state index is 12.1. The fourth-order valence-electron chi connectivity index (χ4n) is 1.37. The molecule has 0 saturated heterocycles. The van der Waals surface area contributed by atoms with E-state index in [1.807, 2.05) is 6.92 Å². The molecule has 0 bridgehead atoms. The van der Waals surface area contributed by atoms with Gasteiger partial charge in [0.2, 0.25) is 0 Å². The number of pyridine rings is 1. The highest BCUT2D eigenvalue weighted by Gasteiger charge is 2.15. The van der Waals surface area contributed by atoms with Gasteiger partial charge in [0.1, 0.15) is 0 Å². The molecule has 0 aliphatic carbocycles. The van der Waals surface area contributed by atoms with E-state index in [-0.39, 0.29) is 10.6 Å². The predicted molar refractivity (Wildman–Crippen MR) is 71.2 cm³/mol. The Kier molecular flexibility index (Phi) is 3.54. The summed E-state index contributed by atoms with van der Waals surface area (Å²) in [6, 6.07) is 8.08. The lowest BCUT2D eigenvalue weighted by Gasteiger charge is -2.09. The van der Waals surface area contributed by atoms with E-state index in [2.05, 4.69) is 9.71 Å². The number of benzene rings is 1. The summed E-state index contributed by atoms with van der Waals surface area (Å²) in [5, 5.41) is 0.306. The summed E-state index contributed by atoms with van der Waals surface area (Å²) in [4.78, 5) is 4.01. The topological polar surface area (TPSA) is 59.1 Å². The Morgan fingerprint density at radius 3 is 2.44 bits per heavy atom. The van der Waals surface area contributed by atoms with E-state index in [9.17, 15) is 8.42 Å². The third-order valence-electron chi connectivity index (χ3n) is 2.34. The highest BCUT2D eigenvalue weighted by molar-refractivity contribution is 7.92. The molecule has 0 amide bonds. The van der Waals surface area contributed by atoms with Crippen molar-refractivity contribution in [2.45, 2.75) is 11.8 Å². The summed E-state index contributed by atoms with van der Waals surface area (Å²) in [6.07, 6.45) is 2.86. The summed E-state index contributed by atoms with van der Waals surface area (Å²) in [5.74, 6) is 0. The van der Waals surface area contributed by atoms with Crippen LogP contribution in [0.2, 0.25) is 5.02 Å². The monoisotopic (exact) mass is 282 g/mol. The minimum Gasteiger partial charge on any atom is -0.277 e. The summed E-state index contributed by atoms with van der Waals surface area (Å²) in [6.45, 7) is 1.89. The molecule has 0 spiro atoms. The number of anilines is 1. The van der Waals surface area contributed by atoms with Crippen molar-refractivity contribution >= 4 is 27.3 Å². The minimum atomic E-state index is -3.63. The van der Waals surface area contributed by atoms with Crippen LogP contribution in [0.3, 0.4) is 0 Å². The molecule has 6 heteroatoms. The van der Waals surface area contributed by atoms with Gasteiger partial charge in [-0.05, 0) is 25.1 Å². The number of halogens is 1. The molecule has 0 radical (unpaired) electrons. The number of aromatic nitrogens is 1. The molecule has 4 nitrogen and oxygen atoms in total. The van der Waals surface area contributed by atoms with Gasteiger partial charge in [-0.3, -0.25) is 9.71 Å². The minimum absolute atomic E-state index is 0.188. The van der Waals surface area contributed by atoms with Crippen molar-refractivity contribution in [3.8, 4) is 0 Å². The van der Waals surface area contributed by atoms with Crippen LogP contribution >= 0.6 is 11.6 Å². The van der Waals surface area contributed by atoms with Gasteiger partial charge in [0.25, 0.3) is 10.0 Å². The van der Waals surface area contributed by atoms with Gasteiger partial charge in [-0.25, -0.2) is 8.42 Å². The summed E-state index contributed by atoms with van der Waals surface area (Å²) in [5.41, 5.74) is 1.26. The maximum Gasteiger partial charge on any atom is 0.261 e. The Morgan fingerprint density at radius 2 is 1.83 bits per heavy atom. The van der Waals surface area contributed by atoms with E-state index in [1.165, 1.54) is 18.5 Å². The van der Waals surface area contributed by atoms with E-state index in [0.29, 0.717) is 5.02 Å². The predicted octanol–water partition coefficient (Wildman–Crippen LogP) is 2.84. The number of nitrogens with zero attached hydrogens (tertiary/aromatic N) is 1. The molecule has 0 atom stereocenters. The maximum absolute atomic E-state index is 12.1. The number of hydrogen-bond acceptors (Lipinski definition) is 3. The smallest absolute Gasteiger partial charge is 0.261 e. The average molecular weight is 283 g/mol. The molecule has 94 valence electrons. The average Bonchev–Trinajstić information content (AvgIpc) is 2.32. The zero-order valence-corrected chi connectivity index (χ0v) is 11.2. The first-order chi connectivity index (χ1) is 8.49. The molecule has 0 fully saturated rings. The molecule has 0 unspecified atom stereocenters. The largest absolute Gasteiger partial charge is 0.277 e. The van der Waals surface area contributed by atoms with Gasteiger partial charge in [0.05, 0.1) is 21.8 Å². The molecule has 0 aliphatic rings. The Bertz CT molecular complexity index is 654. The van der Waals surface area contributed by atoms with Crippen LogP contribution < -0.4 is 4.72 Å². The lowest BCUT2D eigenvalue weighted by molar-refractivity contribution is 0.601. The molecule has 18 heavy (non-hydrogen) atoms. The fourth-order valence-corrected chi connectivity index (χ4v) is 2.65. The van der Waals surface area contributed by atoms with Gasteiger partial charge in [-0.15, -0.1) is 0 Å². The van der Waals surface area contributed by atoms with E-state index in [0.717, 1.165) is 5.56 Å². The molecular formula is C12H11ClN2O2S. The van der Waals surface area contributed by atoms with Crippen LogP contribution in [0.4, 0.5) is 5.69 Å². The summed E-state index contributed by atoms with van der Waals surface area (Å²) < 4.78 is 26.5. The van der Waals surface area contributed by atoms with Gasteiger partial charge in [0, 0.05) is 6.20 Å². The standard InChI is InChI=1S/C12H11ClN2O2S/c1-9-2-4-10(5-3-9)18(16,17)15-12-8-14-7-6-11(12)13/h2-8,15H,1H3. The molecule has 1 heterocycles. The Balaban J connectivity index is 2.33. The van der Waals surface area contributed by atoms with Crippen molar-refractivity contribution in [3.63, 3.8) is 0 Å². The first kappa shape index (κ1) is 12.9. The highest BCUT2D eigenvalue weighted by Crippen LogP contribution is 2.22. The second-order valence-electron chi connectivity index (χ2n) is 3.77. The summed E-state index contributed by atoms with van der Waals surface area (Å²) in [7, 11) is -3.63. The number of aryl methyl sites for hydroxylation is 1. The number of rotatable bonds is 3. The van der Waals surface area contributed by atoms with E-state index in [4.69, 9.17) is 11.6 Å². The fraction of sp³-hybridized carbons (Fsp3) is 0.0833. The van der Waals surface area contributed by atoms with Crippen LogP contribution in [-0.2, 0) is 10.0 Å². The third kappa shape index (κ3) is 2.80. The van der Waals surface area contributed by atoms with E-state index < -0.39 is 10.0 Å².